The second kappa shape index (κ2) is 9.30. The molecule has 158 valence electrons. The van der Waals surface area contributed by atoms with Gasteiger partial charge in [0, 0.05) is 59.4 Å². The van der Waals surface area contributed by atoms with Gasteiger partial charge in [0.05, 0.1) is 6.20 Å². The first kappa shape index (κ1) is 22.0. The average Bonchev–Trinajstić information content (AvgIpc) is 3.23. The van der Waals surface area contributed by atoms with E-state index in [1.807, 2.05) is 45.7 Å². The lowest BCUT2D eigenvalue weighted by Gasteiger charge is -2.27. The lowest BCUT2D eigenvalue weighted by molar-refractivity contribution is 0.0278. The number of ether oxygens (including phenoxy) is 1. The van der Waals surface area contributed by atoms with E-state index in [2.05, 4.69) is 33.4 Å². The number of aliphatic imine (C=N–C) groups is 1. The van der Waals surface area contributed by atoms with Gasteiger partial charge in [-0.15, -0.1) is 0 Å². The third-order valence-electron chi connectivity index (χ3n) is 4.80. The Morgan fingerprint density at radius 1 is 1.50 bits per heavy atom. The van der Waals surface area contributed by atoms with Crippen LogP contribution in [0.25, 0.3) is 0 Å². The molecule has 1 N–H and O–H groups in total. The fourth-order valence-electron chi connectivity index (χ4n) is 3.42. The first-order valence-corrected chi connectivity index (χ1v) is 9.97. The van der Waals surface area contributed by atoms with Crippen LogP contribution in [0.15, 0.2) is 17.4 Å². The van der Waals surface area contributed by atoms with Crippen LogP contribution in [0.4, 0.5) is 4.79 Å². The molecule has 0 radical (unpaired) electrons. The zero-order chi connectivity index (χ0) is 20.9. The van der Waals surface area contributed by atoms with Gasteiger partial charge in [0.1, 0.15) is 5.60 Å². The van der Waals surface area contributed by atoms with Crippen molar-refractivity contribution in [3.8, 4) is 0 Å². The summed E-state index contributed by atoms with van der Waals surface area (Å²) in [6, 6.07) is 0. The standard InChI is InChI=1S/C20H36N6O2/c1-15(12-24(6)19(27)28-20(2,3)4)10-22-18(21-5)26-9-8-16(14-26)17-11-23-25(7)13-17/h11,13,15-16H,8-10,12,14H2,1-7H3,(H,21,22). The molecule has 0 aliphatic carbocycles. The molecule has 2 rings (SSSR count). The molecule has 0 spiro atoms. The number of amides is 1. The Hall–Kier alpha value is -2.25. The Morgan fingerprint density at radius 3 is 2.79 bits per heavy atom. The number of guanidine groups is 1. The third-order valence-corrected chi connectivity index (χ3v) is 4.80. The molecule has 1 aliphatic heterocycles. The summed E-state index contributed by atoms with van der Waals surface area (Å²) in [5.74, 6) is 1.67. The van der Waals surface area contributed by atoms with Crippen LogP contribution >= 0.6 is 0 Å². The second-order valence-corrected chi connectivity index (χ2v) is 8.77. The predicted molar refractivity (Wildman–Crippen MR) is 112 cm³/mol. The topological polar surface area (TPSA) is 75.0 Å². The zero-order valence-electron chi connectivity index (χ0n) is 18.4. The van der Waals surface area contributed by atoms with E-state index in [1.54, 1.807) is 11.9 Å². The molecule has 1 aliphatic rings. The van der Waals surface area contributed by atoms with Crippen LogP contribution in [0.5, 0.6) is 0 Å². The molecule has 1 amide bonds. The Labute approximate surface area is 168 Å². The van der Waals surface area contributed by atoms with E-state index < -0.39 is 5.60 Å². The van der Waals surface area contributed by atoms with Crippen molar-refractivity contribution in [2.24, 2.45) is 18.0 Å². The molecule has 28 heavy (non-hydrogen) atoms. The molecule has 1 aromatic heterocycles. The molecule has 0 bridgehead atoms. The molecule has 1 saturated heterocycles. The number of aryl methyl sites for hydroxylation is 1. The SMILES string of the molecule is CN=C(NCC(C)CN(C)C(=O)OC(C)(C)C)N1CCC(c2cnn(C)c2)C1. The van der Waals surface area contributed by atoms with Crippen LogP contribution in [-0.4, -0.2) is 77.5 Å². The number of carbonyl (C=O) groups is 1. The fourth-order valence-corrected chi connectivity index (χ4v) is 3.42. The van der Waals surface area contributed by atoms with Crippen LogP contribution < -0.4 is 5.32 Å². The summed E-state index contributed by atoms with van der Waals surface area (Å²) in [4.78, 5) is 20.5. The highest BCUT2D eigenvalue weighted by Crippen LogP contribution is 2.26. The largest absolute Gasteiger partial charge is 0.444 e. The van der Waals surface area contributed by atoms with E-state index in [9.17, 15) is 4.79 Å². The van der Waals surface area contributed by atoms with Gasteiger partial charge in [0.2, 0.25) is 0 Å². The maximum atomic E-state index is 12.1. The zero-order valence-corrected chi connectivity index (χ0v) is 18.4. The Kier molecular flexibility index (Phi) is 7.32. The number of carbonyl (C=O) groups excluding carboxylic acids is 1. The molecule has 8 heteroatoms. The number of hydrogen-bond donors (Lipinski definition) is 1. The van der Waals surface area contributed by atoms with Gasteiger partial charge in [-0.25, -0.2) is 4.79 Å². The van der Waals surface area contributed by atoms with Crippen molar-refractivity contribution in [1.29, 1.82) is 0 Å². The predicted octanol–water partition coefficient (Wildman–Crippen LogP) is 2.29. The molecule has 2 unspecified atom stereocenters. The molecular weight excluding hydrogens is 356 g/mol. The van der Waals surface area contributed by atoms with Crippen molar-refractivity contribution in [2.45, 2.75) is 45.6 Å². The third kappa shape index (κ3) is 6.42. The Morgan fingerprint density at radius 2 is 2.21 bits per heavy atom. The number of aromatic nitrogens is 2. The maximum absolute atomic E-state index is 12.1. The molecule has 1 aromatic rings. The summed E-state index contributed by atoms with van der Waals surface area (Å²) in [6.45, 7) is 11.0. The quantitative estimate of drug-likeness (QED) is 0.615. The summed E-state index contributed by atoms with van der Waals surface area (Å²) in [6.07, 6.45) is 4.86. The van der Waals surface area contributed by atoms with Crippen molar-refractivity contribution in [2.75, 3.05) is 40.3 Å². The number of nitrogens with one attached hydrogen (secondary N) is 1. The van der Waals surface area contributed by atoms with Gasteiger partial charge in [0.15, 0.2) is 5.96 Å². The van der Waals surface area contributed by atoms with Crippen LogP contribution in [-0.2, 0) is 11.8 Å². The average molecular weight is 393 g/mol. The van der Waals surface area contributed by atoms with Gasteiger partial charge < -0.3 is 19.9 Å². The van der Waals surface area contributed by atoms with Crippen molar-refractivity contribution in [1.82, 2.24) is 24.9 Å². The van der Waals surface area contributed by atoms with E-state index in [0.717, 1.165) is 32.0 Å². The van der Waals surface area contributed by atoms with Gasteiger partial charge in [-0.3, -0.25) is 9.67 Å². The van der Waals surface area contributed by atoms with Gasteiger partial charge in [-0.05, 0) is 38.7 Å². The number of hydrogen-bond acceptors (Lipinski definition) is 4. The van der Waals surface area contributed by atoms with Crippen molar-refractivity contribution in [3.63, 3.8) is 0 Å². The van der Waals surface area contributed by atoms with Gasteiger partial charge >= 0.3 is 6.09 Å². The van der Waals surface area contributed by atoms with Gasteiger partial charge in [-0.2, -0.15) is 5.10 Å². The molecular formula is C20H36N6O2. The maximum Gasteiger partial charge on any atom is 0.410 e. The highest BCUT2D eigenvalue weighted by molar-refractivity contribution is 5.80. The van der Waals surface area contributed by atoms with Crippen LogP contribution in [0.1, 0.15) is 45.6 Å². The molecule has 2 atom stereocenters. The second-order valence-electron chi connectivity index (χ2n) is 8.77. The van der Waals surface area contributed by atoms with E-state index in [4.69, 9.17) is 4.74 Å². The number of nitrogens with zero attached hydrogens (tertiary/aromatic N) is 5. The molecule has 0 aromatic carbocycles. The molecule has 1 fully saturated rings. The van der Waals surface area contributed by atoms with E-state index in [-0.39, 0.29) is 12.0 Å². The van der Waals surface area contributed by atoms with Crippen molar-refractivity contribution < 1.29 is 9.53 Å². The van der Waals surface area contributed by atoms with E-state index in [0.29, 0.717) is 12.5 Å². The van der Waals surface area contributed by atoms with E-state index in [1.165, 1.54) is 5.56 Å². The number of likely N-dealkylation sites (tertiary alicyclic amines) is 1. The monoisotopic (exact) mass is 392 g/mol. The summed E-state index contributed by atoms with van der Waals surface area (Å²) in [5, 5.41) is 7.74. The summed E-state index contributed by atoms with van der Waals surface area (Å²) in [5.41, 5.74) is 0.808. The molecule has 0 saturated carbocycles. The normalized spacial score (nSPS) is 18.9. The fraction of sp³-hybridized carbons (Fsp3) is 0.750. The smallest absolute Gasteiger partial charge is 0.410 e. The van der Waals surface area contributed by atoms with Crippen LogP contribution in [0.3, 0.4) is 0 Å². The summed E-state index contributed by atoms with van der Waals surface area (Å²) in [7, 11) is 5.54. The first-order valence-electron chi connectivity index (χ1n) is 9.97. The highest BCUT2D eigenvalue weighted by atomic mass is 16.6. The minimum Gasteiger partial charge on any atom is -0.444 e. The number of rotatable bonds is 5. The highest BCUT2D eigenvalue weighted by Gasteiger charge is 2.27. The summed E-state index contributed by atoms with van der Waals surface area (Å²) < 4.78 is 7.27. The van der Waals surface area contributed by atoms with Crippen molar-refractivity contribution in [3.05, 3.63) is 18.0 Å². The van der Waals surface area contributed by atoms with E-state index >= 15 is 0 Å². The Balaban J connectivity index is 1.79. The minimum absolute atomic E-state index is 0.269. The van der Waals surface area contributed by atoms with Gasteiger partial charge in [0.25, 0.3) is 0 Å². The van der Waals surface area contributed by atoms with Crippen LogP contribution in [0.2, 0.25) is 0 Å². The van der Waals surface area contributed by atoms with Crippen molar-refractivity contribution >= 4 is 12.1 Å². The molecule has 8 nitrogen and oxygen atoms in total. The lowest BCUT2D eigenvalue weighted by atomic mass is 10.0. The minimum atomic E-state index is -0.477. The Bertz CT molecular complexity index is 678. The summed E-state index contributed by atoms with van der Waals surface area (Å²) >= 11 is 0. The van der Waals surface area contributed by atoms with Crippen LogP contribution in [0, 0.1) is 5.92 Å². The lowest BCUT2D eigenvalue weighted by Crippen LogP contribution is -2.44. The molecule has 2 heterocycles. The van der Waals surface area contributed by atoms with Gasteiger partial charge in [-0.1, -0.05) is 6.92 Å². The first-order chi connectivity index (χ1) is 13.1.